The van der Waals surface area contributed by atoms with E-state index in [0.717, 1.165) is 15.8 Å². The minimum Gasteiger partial charge on any atom is -0.497 e. The van der Waals surface area contributed by atoms with Crippen LogP contribution in [0.3, 0.4) is 0 Å². The molecule has 0 radical (unpaired) electrons. The van der Waals surface area contributed by atoms with Crippen LogP contribution >= 0.6 is 15.9 Å². The van der Waals surface area contributed by atoms with Crippen LogP contribution in [0.25, 0.3) is 6.08 Å². The molecule has 3 heteroatoms. The topological polar surface area (TPSA) is 35.2 Å². The van der Waals surface area contributed by atoms with Gasteiger partial charge in [-0.05, 0) is 23.8 Å². The van der Waals surface area contributed by atoms with Crippen molar-refractivity contribution < 1.29 is 4.74 Å². The zero-order valence-corrected chi connectivity index (χ0v) is 9.04. The lowest BCUT2D eigenvalue weighted by atomic mass is 10.2. The molecule has 0 aliphatic heterocycles. The number of ether oxygens (including phenoxy) is 1. The van der Waals surface area contributed by atoms with Crippen molar-refractivity contribution >= 4 is 22.0 Å². The van der Waals surface area contributed by atoms with Crippen LogP contribution < -0.4 is 10.5 Å². The Hall–Kier alpha value is -0.800. The molecule has 1 aromatic carbocycles. The lowest BCUT2D eigenvalue weighted by Gasteiger charge is -2.02. The Morgan fingerprint density at radius 3 is 2.92 bits per heavy atom. The summed E-state index contributed by atoms with van der Waals surface area (Å²) in [6.45, 7) is 0.545. The van der Waals surface area contributed by atoms with E-state index in [1.54, 1.807) is 7.11 Å². The van der Waals surface area contributed by atoms with Gasteiger partial charge in [-0.25, -0.2) is 0 Å². The largest absolute Gasteiger partial charge is 0.497 e. The molecular weight excluding hydrogens is 230 g/mol. The molecular formula is C10H12BrNO. The number of benzene rings is 1. The van der Waals surface area contributed by atoms with E-state index in [9.17, 15) is 0 Å². The summed E-state index contributed by atoms with van der Waals surface area (Å²) in [5.41, 5.74) is 6.44. The minimum absolute atomic E-state index is 0.545. The maximum absolute atomic E-state index is 5.36. The summed E-state index contributed by atoms with van der Waals surface area (Å²) in [6, 6.07) is 5.81. The number of hydrogen-bond acceptors (Lipinski definition) is 2. The van der Waals surface area contributed by atoms with Gasteiger partial charge in [-0.2, -0.15) is 0 Å². The van der Waals surface area contributed by atoms with Gasteiger partial charge in [0.15, 0.2) is 0 Å². The molecule has 0 saturated heterocycles. The van der Waals surface area contributed by atoms with Crippen LogP contribution in [-0.2, 0) is 0 Å². The van der Waals surface area contributed by atoms with E-state index in [1.165, 1.54) is 0 Å². The van der Waals surface area contributed by atoms with E-state index in [1.807, 2.05) is 30.4 Å². The molecule has 0 aliphatic carbocycles. The number of rotatable bonds is 3. The van der Waals surface area contributed by atoms with E-state index < -0.39 is 0 Å². The van der Waals surface area contributed by atoms with Gasteiger partial charge in [0, 0.05) is 11.0 Å². The van der Waals surface area contributed by atoms with Crippen LogP contribution in [-0.4, -0.2) is 13.7 Å². The Morgan fingerprint density at radius 2 is 2.31 bits per heavy atom. The van der Waals surface area contributed by atoms with Gasteiger partial charge >= 0.3 is 0 Å². The number of halogens is 1. The molecule has 0 spiro atoms. The van der Waals surface area contributed by atoms with Crippen molar-refractivity contribution in [3.63, 3.8) is 0 Å². The quantitative estimate of drug-likeness (QED) is 0.883. The number of nitrogens with two attached hydrogens (primary N) is 1. The van der Waals surface area contributed by atoms with E-state index >= 15 is 0 Å². The molecule has 0 unspecified atom stereocenters. The zero-order chi connectivity index (χ0) is 9.68. The third-order valence-electron chi connectivity index (χ3n) is 1.64. The van der Waals surface area contributed by atoms with Gasteiger partial charge in [-0.3, -0.25) is 0 Å². The fraction of sp³-hybridized carbons (Fsp3) is 0.200. The van der Waals surface area contributed by atoms with Crippen LogP contribution in [0.15, 0.2) is 28.7 Å². The first-order valence-electron chi connectivity index (χ1n) is 3.98. The van der Waals surface area contributed by atoms with Crippen molar-refractivity contribution in [1.29, 1.82) is 0 Å². The smallest absolute Gasteiger partial charge is 0.119 e. The summed E-state index contributed by atoms with van der Waals surface area (Å²) < 4.78 is 6.14. The van der Waals surface area contributed by atoms with Crippen LogP contribution in [0, 0.1) is 0 Å². The summed E-state index contributed by atoms with van der Waals surface area (Å²) in [5.74, 6) is 0.847. The second kappa shape index (κ2) is 5.04. The predicted molar refractivity (Wildman–Crippen MR) is 58.8 cm³/mol. The van der Waals surface area contributed by atoms with E-state index in [2.05, 4.69) is 15.9 Å². The fourth-order valence-electron chi connectivity index (χ4n) is 0.972. The van der Waals surface area contributed by atoms with Crippen LogP contribution in [0.4, 0.5) is 0 Å². The lowest BCUT2D eigenvalue weighted by molar-refractivity contribution is 0.414. The van der Waals surface area contributed by atoms with Crippen molar-refractivity contribution in [1.82, 2.24) is 0 Å². The highest BCUT2D eigenvalue weighted by Crippen LogP contribution is 2.23. The van der Waals surface area contributed by atoms with Crippen LogP contribution in [0.1, 0.15) is 5.56 Å². The van der Waals surface area contributed by atoms with Gasteiger partial charge in [0.2, 0.25) is 0 Å². The standard InChI is InChI=1S/C10H12BrNO/c1-13-9-4-5-10(11)8(7-9)3-2-6-12/h2-5,7H,6,12H2,1H3/b3-2+. The highest BCUT2D eigenvalue weighted by molar-refractivity contribution is 9.10. The summed E-state index contributed by atoms with van der Waals surface area (Å²) in [5, 5.41) is 0. The molecule has 0 aromatic heterocycles. The monoisotopic (exact) mass is 241 g/mol. The third-order valence-corrected chi connectivity index (χ3v) is 2.36. The molecule has 13 heavy (non-hydrogen) atoms. The molecule has 0 amide bonds. The van der Waals surface area contributed by atoms with Gasteiger partial charge in [0.05, 0.1) is 7.11 Å². The van der Waals surface area contributed by atoms with Crippen LogP contribution in [0.2, 0.25) is 0 Å². The van der Waals surface area contributed by atoms with Gasteiger partial charge < -0.3 is 10.5 Å². The van der Waals surface area contributed by atoms with E-state index in [0.29, 0.717) is 6.54 Å². The molecule has 0 saturated carbocycles. The van der Waals surface area contributed by atoms with Gasteiger partial charge in [0.1, 0.15) is 5.75 Å². The summed E-state index contributed by atoms with van der Waals surface area (Å²) >= 11 is 3.44. The van der Waals surface area contributed by atoms with Gasteiger partial charge in [0.25, 0.3) is 0 Å². The average molecular weight is 242 g/mol. The first-order valence-corrected chi connectivity index (χ1v) is 4.77. The Bertz CT molecular complexity index is 310. The minimum atomic E-state index is 0.545. The molecule has 2 N–H and O–H groups in total. The highest BCUT2D eigenvalue weighted by atomic mass is 79.9. The summed E-state index contributed by atoms with van der Waals surface area (Å²) in [6.07, 6.45) is 3.87. The molecule has 0 aliphatic rings. The van der Waals surface area contributed by atoms with Crippen molar-refractivity contribution in [2.24, 2.45) is 5.73 Å². The maximum Gasteiger partial charge on any atom is 0.119 e. The Labute approximate surface area is 86.5 Å². The summed E-state index contributed by atoms with van der Waals surface area (Å²) in [7, 11) is 1.65. The number of methoxy groups -OCH3 is 1. The molecule has 0 heterocycles. The van der Waals surface area contributed by atoms with E-state index in [4.69, 9.17) is 10.5 Å². The van der Waals surface area contributed by atoms with Crippen molar-refractivity contribution in [3.8, 4) is 5.75 Å². The second-order valence-electron chi connectivity index (χ2n) is 2.53. The number of hydrogen-bond donors (Lipinski definition) is 1. The van der Waals surface area contributed by atoms with Crippen molar-refractivity contribution in [2.75, 3.05) is 13.7 Å². The lowest BCUT2D eigenvalue weighted by Crippen LogP contribution is -1.92. The highest BCUT2D eigenvalue weighted by Gasteiger charge is 1.97. The third kappa shape index (κ3) is 2.86. The van der Waals surface area contributed by atoms with Gasteiger partial charge in [-0.15, -0.1) is 0 Å². The fourth-order valence-corrected chi connectivity index (χ4v) is 1.35. The van der Waals surface area contributed by atoms with Crippen molar-refractivity contribution in [2.45, 2.75) is 0 Å². The molecule has 70 valence electrons. The molecule has 0 atom stereocenters. The molecule has 0 bridgehead atoms. The average Bonchev–Trinajstić information content (AvgIpc) is 2.17. The SMILES string of the molecule is COc1ccc(Br)c(/C=C/CN)c1. The normalized spacial score (nSPS) is 10.7. The molecule has 0 fully saturated rings. The zero-order valence-electron chi connectivity index (χ0n) is 7.46. The first kappa shape index (κ1) is 10.3. The Balaban J connectivity index is 2.97. The Kier molecular flexibility index (Phi) is 3.99. The first-order chi connectivity index (χ1) is 6.27. The summed E-state index contributed by atoms with van der Waals surface area (Å²) in [4.78, 5) is 0. The molecule has 1 aromatic rings. The predicted octanol–water partition coefficient (Wildman–Crippen LogP) is 2.43. The molecule has 2 nitrogen and oxygen atoms in total. The van der Waals surface area contributed by atoms with Gasteiger partial charge in [-0.1, -0.05) is 28.1 Å². The molecule has 1 rings (SSSR count). The maximum atomic E-state index is 5.36. The van der Waals surface area contributed by atoms with Crippen LogP contribution in [0.5, 0.6) is 5.75 Å². The second-order valence-corrected chi connectivity index (χ2v) is 3.38. The Morgan fingerprint density at radius 1 is 1.54 bits per heavy atom. The van der Waals surface area contributed by atoms with Crippen molar-refractivity contribution in [3.05, 3.63) is 34.3 Å². The van der Waals surface area contributed by atoms with E-state index in [-0.39, 0.29) is 0 Å².